The fraction of sp³-hybridized carbons (Fsp3) is 0.567. The standard InChI is InChI=1S/C30H40ClFO4Si/c1-18(29(33)34-5)27(20-9-10-20)21-11-8-19-12-15-25(36-26(19)16-21)22-13-14-24(31)23(28(22)32)17-35-37(6,7)30(2,3)4/h8,11,13-14,16,18,20,25,27H,9-10,12,15,17H2,1-7H3/t18-,25?,27-/m0/s1. The maximum atomic E-state index is 15.8. The molecule has 1 aliphatic heterocycles. The summed E-state index contributed by atoms with van der Waals surface area (Å²) in [5.74, 6) is 0.573. The van der Waals surface area contributed by atoms with E-state index in [1.165, 1.54) is 7.11 Å². The highest BCUT2D eigenvalue weighted by Gasteiger charge is 2.40. The number of methoxy groups -OCH3 is 1. The molecule has 0 amide bonds. The molecule has 3 atom stereocenters. The van der Waals surface area contributed by atoms with E-state index in [1.54, 1.807) is 12.1 Å². The Morgan fingerprint density at radius 3 is 2.51 bits per heavy atom. The third-order valence-corrected chi connectivity index (χ3v) is 13.4. The number of ether oxygens (including phenoxy) is 2. The van der Waals surface area contributed by atoms with E-state index in [1.807, 2.05) is 6.92 Å². The molecule has 4 nitrogen and oxygen atoms in total. The molecule has 2 aromatic carbocycles. The fourth-order valence-corrected chi connectivity index (χ4v) is 6.17. The molecule has 2 aliphatic rings. The molecule has 1 aliphatic carbocycles. The Balaban J connectivity index is 1.58. The number of esters is 1. The van der Waals surface area contributed by atoms with Crippen molar-refractivity contribution in [3.63, 3.8) is 0 Å². The third kappa shape index (κ3) is 5.91. The van der Waals surface area contributed by atoms with Gasteiger partial charge in [0.05, 0.1) is 19.6 Å². The molecule has 1 unspecified atom stereocenters. The lowest BCUT2D eigenvalue weighted by atomic mass is 9.82. The molecule has 202 valence electrons. The van der Waals surface area contributed by atoms with Gasteiger partial charge < -0.3 is 13.9 Å². The zero-order valence-corrected chi connectivity index (χ0v) is 24.9. The molecule has 1 heterocycles. The topological polar surface area (TPSA) is 44.8 Å². The minimum atomic E-state index is -2.07. The number of benzene rings is 2. The predicted molar refractivity (Wildman–Crippen MR) is 148 cm³/mol. The number of carbonyl (C=O) groups is 1. The zero-order chi connectivity index (χ0) is 27.1. The normalized spacial score (nSPS) is 19.5. The number of rotatable bonds is 8. The van der Waals surface area contributed by atoms with E-state index >= 15 is 4.39 Å². The maximum absolute atomic E-state index is 15.8. The lowest BCUT2D eigenvalue weighted by Gasteiger charge is -2.36. The Morgan fingerprint density at radius 2 is 1.89 bits per heavy atom. The van der Waals surface area contributed by atoms with Gasteiger partial charge in [-0.05, 0) is 78.9 Å². The van der Waals surface area contributed by atoms with Crippen LogP contribution in [-0.4, -0.2) is 21.4 Å². The van der Waals surface area contributed by atoms with Crippen LogP contribution in [0.2, 0.25) is 23.2 Å². The van der Waals surface area contributed by atoms with Crippen LogP contribution in [0.25, 0.3) is 0 Å². The Morgan fingerprint density at radius 1 is 1.19 bits per heavy atom. The molecular weight excluding hydrogens is 507 g/mol. The van der Waals surface area contributed by atoms with Crippen LogP contribution in [0.3, 0.4) is 0 Å². The van der Waals surface area contributed by atoms with Crippen molar-refractivity contribution in [1.29, 1.82) is 0 Å². The third-order valence-electron chi connectivity index (χ3n) is 8.61. The van der Waals surface area contributed by atoms with Crippen molar-refractivity contribution in [3.05, 3.63) is 63.4 Å². The zero-order valence-electron chi connectivity index (χ0n) is 23.1. The van der Waals surface area contributed by atoms with Crippen LogP contribution in [0.1, 0.15) is 81.2 Å². The molecule has 1 fully saturated rings. The smallest absolute Gasteiger partial charge is 0.309 e. The summed E-state index contributed by atoms with van der Waals surface area (Å²) in [6.07, 6.45) is 3.28. The first-order valence-electron chi connectivity index (χ1n) is 13.3. The van der Waals surface area contributed by atoms with Crippen molar-refractivity contribution in [2.24, 2.45) is 11.8 Å². The highest BCUT2D eigenvalue weighted by Crippen LogP contribution is 2.49. The van der Waals surface area contributed by atoms with Gasteiger partial charge in [-0.2, -0.15) is 0 Å². The van der Waals surface area contributed by atoms with E-state index < -0.39 is 14.4 Å². The molecule has 4 rings (SSSR count). The molecule has 0 saturated heterocycles. The number of fused-ring (bicyclic) bond motifs is 1. The van der Waals surface area contributed by atoms with Crippen molar-refractivity contribution in [1.82, 2.24) is 0 Å². The molecule has 0 aromatic heterocycles. The van der Waals surface area contributed by atoms with Crippen molar-refractivity contribution in [2.75, 3.05) is 7.11 Å². The molecule has 7 heteroatoms. The summed E-state index contributed by atoms with van der Waals surface area (Å²) in [7, 11) is -0.629. The summed E-state index contributed by atoms with van der Waals surface area (Å²) in [5.41, 5.74) is 3.10. The number of aryl methyl sites for hydroxylation is 1. The molecule has 0 bridgehead atoms. The minimum absolute atomic E-state index is 0.0190. The average Bonchev–Trinajstić information content (AvgIpc) is 3.67. The minimum Gasteiger partial charge on any atom is -0.485 e. The summed E-state index contributed by atoms with van der Waals surface area (Å²) in [6, 6.07) is 9.75. The number of hydrogen-bond acceptors (Lipinski definition) is 4. The molecule has 2 aromatic rings. The summed E-state index contributed by atoms with van der Waals surface area (Å²) in [6.45, 7) is 12.9. The van der Waals surface area contributed by atoms with Crippen LogP contribution in [0.5, 0.6) is 5.75 Å². The lowest BCUT2D eigenvalue weighted by Crippen LogP contribution is -2.40. The monoisotopic (exact) mass is 546 g/mol. The first-order chi connectivity index (χ1) is 17.3. The Bertz CT molecular complexity index is 1160. The largest absolute Gasteiger partial charge is 0.485 e. The van der Waals surface area contributed by atoms with Crippen LogP contribution >= 0.6 is 11.6 Å². The van der Waals surface area contributed by atoms with Gasteiger partial charge in [0.15, 0.2) is 8.32 Å². The number of carbonyl (C=O) groups excluding carboxylic acids is 1. The van der Waals surface area contributed by atoms with Crippen molar-refractivity contribution >= 4 is 25.9 Å². The van der Waals surface area contributed by atoms with E-state index in [0.29, 0.717) is 28.5 Å². The highest BCUT2D eigenvalue weighted by atomic mass is 35.5. The molecular formula is C30H40ClFO4Si. The van der Waals surface area contributed by atoms with E-state index in [-0.39, 0.29) is 35.3 Å². The fourth-order valence-electron chi connectivity index (χ4n) is 5.04. The molecule has 1 saturated carbocycles. The van der Waals surface area contributed by atoms with Crippen LogP contribution in [0.15, 0.2) is 30.3 Å². The second-order valence-corrected chi connectivity index (χ2v) is 17.4. The number of hydrogen-bond donors (Lipinski definition) is 0. The lowest BCUT2D eigenvalue weighted by molar-refractivity contribution is -0.145. The van der Waals surface area contributed by atoms with Gasteiger partial charge in [0.25, 0.3) is 0 Å². The van der Waals surface area contributed by atoms with Gasteiger partial charge in [0.1, 0.15) is 17.7 Å². The number of halogens is 2. The van der Waals surface area contributed by atoms with Crippen LogP contribution in [-0.2, 0) is 27.0 Å². The second-order valence-electron chi connectivity index (χ2n) is 12.2. The van der Waals surface area contributed by atoms with E-state index in [4.69, 9.17) is 25.5 Å². The Labute approximate surface area is 227 Å². The maximum Gasteiger partial charge on any atom is 0.309 e. The first kappa shape index (κ1) is 28.1. The van der Waals surface area contributed by atoms with Gasteiger partial charge in [-0.25, -0.2) is 4.39 Å². The molecule has 0 spiro atoms. The Kier molecular flexibility index (Phi) is 8.13. The van der Waals surface area contributed by atoms with Gasteiger partial charge in [-0.15, -0.1) is 0 Å². The van der Waals surface area contributed by atoms with Gasteiger partial charge in [-0.1, -0.05) is 57.5 Å². The van der Waals surface area contributed by atoms with Crippen LogP contribution in [0.4, 0.5) is 4.39 Å². The van der Waals surface area contributed by atoms with Crippen molar-refractivity contribution < 1.29 is 23.1 Å². The average molecular weight is 547 g/mol. The molecule has 37 heavy (non-hydrogen) atoms. The van der Waals surface area contributed by atoms with Crippen LogP contribution < -0.4 is 4.74 Å². The van der Waals surface area contributed by atoms with Gasteiger partial charge in [-0.3, -0.25) is 4.79 Å². The van der Waals surface area contributed by atoms with Crippen molar-refractivity contribution in [2.45, 2.75) is 90.1 Å². The quantitative estimate of drug-likeness (QED) is 0.246. The predicted octanol–water partition coefficient (Wildman–Crippen LogP) is 8.37. The second kappa shape index (κ2) is 10.7. The Hall–Kier alpha value is -1.89. The molecule has 0 N–H and O–H groups in total. The SMILES string of the molecule is COC(=O)[C@@H](C)[C@H](c1ccc2c(c1)OC(c1ccc(Cl)c(CO[Si](C)(C)C(C)(C)C)c1F)CC2)C1CC1. The van der Waals surface area contributed by atoms with E-state index in [0.717, 1.165) is 36.1 Å². The molecule has 0 radical (unpaired) electrons. The summed E-state index contributed by atoms with van der Waals surface area (Å²) >= 11 is 6.44. The summed E-state index contributed by atoms with van der Waals surface area (Å²) in [4.78, 5) is 12.3. The van der Waals surface area contributed by atoms with Gasteiger partial charge >= 0.3 is 5.97 Å². The summed E-state index contributed by atoms with van der Waals surface area (Å²) < 4.78 is 33.6. The summed E-state index contributed by atoms with van der Waals surface area (Å²) in [5, 5.41) is 0.396. The van der Waals surface area contributed by atoms with Crippen LogP contribution in [0, 0.1) is 17.7 Å². The first-order valence-corrected chi connectivity index (χ1v) is 16.6. The van der Waals surface area contributed by atoms with Gasteiger partial charge in [0, 0.05) is 16.1 Å². The van der Waals surface area contributed by atoms with Gasteiger partial charge in [0.2, 0.25) is 0 Å². The van der Waals surface area contributed by atoms with E-state index in [2.05, 4.69) is 52.1 Å². The highest BCUT2D eigenvalue weighted by molar-refractivity contribution is 6.74. The van der Waals surface area contributed by atoms with E-state index in [9.17, 15) is 4.79 Å². The van der Waals surface area contributed by atoms with Crippen molar-refractivity contribution in [3.8, 4) is 5.75 Å².